The van der Waals surface area contributed by atoms with E-state index in [9.17, 15) is 8.42 Å². The Balaban J connectivity index is 2.26. The fourth-order valence-corrected chi connectivity index (χ4v) is 3.47. The Kier molecular flexibility index (Phi) is 3.81. The lowest BCUT2D eigenvalue weighted by Crippen LogP contribution is -2.27. The normalized spacial score (nSPS) is 12.2. The van der Waals surface area contributed by atoms with E-state index in [1.807, 2.05) is 16.8 Å². The SMILES string of the molecule is CN(Cc1ccsc1)S(=O)(=O)c1[nH]ncc1CN. The van der Waals surface area contributed by atoms with Crippen LogP contribution in [0.1, 0.15) is 11.1 Å². The van der Waals surface area contributed by atoms with E-state index in [0.29, 0.717) is 12.1 Å². The van der Waals surface area contributed by atoms with Gasteiger partial charge < -0.3 is 5.73 Å². The number of rotatable bonds is 5. The van der Waals surface area contributed by atoms with Crippen LogP contribution in [0, 0.1) is 0 Å². The minimum absolute atomic E-state index is 0.0720. The summed E-state index contributed by atoms with van der Waals surface area (Å²) in [5, 5.41) is 10.1. The van der Waals surface area contributed by atoms with E-state index in [1.54, 1.807) is 0 Å². The molecule has 0 spiro atoms. The van der Waals surface area contributed by atoms with Gasteiger partial charge in [-0.25, -0.2) is 8.42 Å². The number of nitrogens with two attached hydrogens (primary N) is 1. The zero-order valence-electron chi connectivity index (χ0n) is 9.83. The summed E-state index contributed by atoms with van der Waals surface area (Å²) in [7, 11) is -2.04. The van der Waals surface area contributed by atoms with E-state index in [2.05, 4.69) is 10.2 Å². The zero-order valence-corrected chi connectivity index (χ0v) is 11.5. The van der Waals surface area contributed by atoms with Gasteiger partial charge in [-0.3, -0.25) is 5.10 Å². The minimum Gasteiger partial charge on any atom is -0.326 e. The zero-order chi connectivity index (χ0) is 13.2. The molecule has 0 saturated carbocycles. The molecule has 2 aromatic heterocycles. The number of H-pyrrole nitrogens is 1. The van der Waals surface area contributed by atoms with Gasteiger partial charge in [-0.05, 0) is 22.4 Å². The summed E-state index contributed by atoms with van der Waals surface area (Å²) in [6.07, 6.45) is 1.44. The average Bonchev–Trinajstić information content (AvgIpc) is 2.98. The number of hydrogen-bond donors (Lipinski definition) is 2. The Morgan fingerprint density at radius 1 is 1.56 bits per heavy atom. The average molecular weight is 286 g/mol. The van der Waals surface area contributed by atoms with Crippen molar-refractivity contribution in [1.29, 1.82) is 0 Å². The predicted octanol–water partition coefficient (Wildman–Crippen LogP) is 0.751. The molecule has 6 nitrogen and oxygen atoms in total. The molecule has 3 N–H and O–H groups in total. The molecule has 98 valence electrons. The van der Waals surface area contributed by atoms with Crippen molar-refractivity contribution < 1.29 is 8.42 Å². The predicted molar refractivity (Wildman–Crippen MR) is 69.5 cm³/mol. The van der Waals surface area contributed by atoms with Gasteiger partial charge in [0.25, 0.3) is 10.0 Å². The van der Waals surface area contributed by atoms with Gasteiger partial charge in [0, 0.05) is 25.7 Å². The molecule has 0 aliphatic heterocycles. The minimum atomic E-state index is -3.57. The summed E-state index contributed by atoms with van der Waals surface area (Å²) >= 11 is 1.54. The fraction of sp³-hybridized carbons (Fsp3) is 0.300. The first kappa shape index (κ1) is 13.2. The number of aromatic nitrogens is 2. The van der Waals surface area contributed by atoms with Crippen molar-refractivity contribution in [3.63, 3.8) is 0 Å². The highest BCUT2D eigenvalue weighted by atomic mass is 32.2. The van der Waals surface area contributed by atoms with Crippen molar-refractivity contribution in [2.24, 2.45) is 5.73 Å². The second-order valence-electron chi connectivity index (χ2n) is 3.82. The van der Waals surface area contributed by atoms with Crippen molar-refractivity contribution >= 4 is 21.4 Å². The highest BCUT2D eigenvalue weighted by molar-refractivity contribution is 7.89. The smallest absolute Gasteiger partial charge is 0.260 e. The summed E-state index contributed by atoms with van der Waals surface area (Å²) < 4.78 is 25.9. The van der Waals surface area contributed by atoms with E-state index in [4.69, 9.17) is 5.73 Å². The van der Waals surface area contributed by atoms with E-state index < -0.39 is 10.0 Å². The van der Waals surface area contributed by atoms with Gasteiger partial charge in [0.15, 0.2) is 5.03 Å². The largest absolute Gasteiger partial charge is 0.326 e. The van der Waals surface area contributed by atoms with Crippen molar-refractivity contribution in [3.05, 3.63) is 34.2 Å². The third kappa shape index (κ3) is 2.46. The van der Waals surface area contributed by atoms with Crippen LogP contribution >= 0.6 is 11.3 Å². The molecule has 2 heterocycles. The topological polar surface area (TPSA) is 92.1 Å². The first-order valence-electron chi connectivity index (χ1n) is 5.25. The maximum atomic E-state index is 12.3. The van der Waals surface area contributed by atoms with Gasteiger partial charge >= 0.3 is 0 Å². The van der Waals surface area contributed by atoms with Gasteiger partial charge in [-0.1, -0.05) is 0 Å². The Morgan fingerprint density at radius 2 is 2.33 bits per heavy atom. The molecular formula is C10H14N4O2S2. The van der Waals surface area contributed by atoms with Crippen LogP contribution in [-0.2, 0) is 23.1 Å². The Hall–Kier alpha value is -1.22. The highest BCUT2D eigenvalue weighted by Crippen LogP contribution is 2.18. The summed E-state index contributed by atoms with van der Waals surface area (Å²) in [5.74, 6) is 0. The third-order valence-corrected chi connectivity index (χ3v) is 5.10. The molecule has 0 saturated heterocycles. The fourth-order valence-electron chi connectivity index (χ4n) is 1.55. The van der Waals surface area contributed by atoms with Crippen LogP contribution in [0.4, 0.5) is 0 Å². The maximum absolute atomic E-state index is 12.3. The summed E-state index contributed by atoms with van der Waals surface area (Å²) in [4.78, 5) is 0. The van der Waals surface area contributed by atoms with E-state index in [0.717, 1.165) is 5.56 Å². The molecule has 2 rings (SSSR count). The van der Waals surface area contributed by atoms with Crippen molar-refractivity contribution in [3.8, 4) is 0 Å². The molecule has 0 unspecified atom stereocenters. The molecule has 0 aliphatic carbocycles. The lowest BCUT2D eigenvalue weighted by Gasteiger charge is -2.16. The monoisotopic (exact) mass is 286 g/mol. The van der Waals surface area contributed by atoms with Gasteiger partial charge in [0.1, 0.15) is 0 Å². The van der Waals surface area contributed by atoms with Crippen LogP contribution in [0.15, 0.2) is 28.0 Å². The van der Waals surface area contributed by atoms with Gasteiger partial charge in [0.2, 0.25) is 0 Å². The molecule has 0 amide bonds. The van der Waals surface area contributed by atoms with Crippen molar-refractivity contribution in [2.75, 3.05) is 7.05 Å². The molecular weight excluding hydrogens is 272 g/mol. The maximum Gasteiger partial charge on any atom is 0.260 e. The van der Waals surface area contributed by atoms with Crippen molar-refractivity contribution in [2.45, 2.75) is 18.1 Å². The molecule has 8 heteroatoms. The van der Waals surface area contributed by atoms with Crippen LogP contribution in [0.3, 0.4) is 0 Å². The molecule has 0 radical (unpaired) electrons. The Labute approximate surface area is 109 Å². The lowest BCUT2D eigenvalue weighted by atomic mass is 10.3. The molecule has 0 atom stereocenters. The van der Waals surface area contributed by atoms with Crippen molar-refractivity contribution in [1.82, 2.24) is 14.5 Å². The molecule has 0 aliphatic rings. The lowest BCUT2D eigenvalue weighted by molar-refractivity contribution is 0.463. The Morgan fingerprint density at radius 3 is 2.94 bits per heavy atom. The van der Waals surface area contributed by atoms with Gasteiger partial charge in [-0.15, -0.1) is 0 Å². The number of sulfonamides is 1. The second kappa shape index (κ2) is 5.19. The third-order valence-electron chi connectivity index (χ3n) is 2.55. The number of hydrogen-bond acceptors (Lipinski definition) is 5. The van der Waals surface area contributed by atoms with Crippen LogP contribution in [0.2, 0.25) is 0 Å². The first-order chi connectivity index (χ1) is 8.55. The summed E-state index contributed by atoms with van der Waals surface area (Å²) in [6, 6.07) is 1.90. The summed E-state index contributed by atoms with van der Waals surface area (Å²) in [5.41, 5.74) is 6.94. The number of aromatic amines is 1. The number of thiophene rings is 1. The van der Waals surface area contributed by atoms with Gasteiger partial charge in [0.05, 0.1) is 6.20 Å². The van der Waals surface area contributed by atoms with E-state index in [-0.39, 0.29) is 11.6 Å². The van der Waals surface area contributed by atoms with Crippen LogP contribution in [0.5, 0.6) is 0 Å². The van der Waals surface area contributed by atoms with E-state index in [1.165, 1.54) is 28.9 Å². The van der Waals surface area contributed by atoms with Crippen LogP contribution in [0.25, 0.3) is 0 Å². The molecule has 0 fully saturated rings. The first-order valence-corrected chi connectivity index (χ1v) is 7.63. The number of nitrogens with zero attached hydrogens (tertiary/aromatic N) is 2. The number of nitrogens with one attached hydrogen (secondary N) is 1. The van der Waals surface area contributed by atoms with E-state index >= 15 is 0 Å². The van der Waals surface area contributed by atoms with Crippen LogP contribution < -0.4 is 5.73 Å². The molecule has 0 aromatic carbocycles. The standard InChI is InChI=1S/C10H14N4O2S2/c1-14(6-8-2-3-17-7-8)18(15,16)10-9(4-11)5-12-13-10/h2-3,5,7H,4,6,11H2,1H3,(H,12,13). The summed E-state index contributed by atoms with van der Waals surface area (Å²) in [6.45, 7) is 0.465. The molecule has 0 bridgehead atoms. The highest BCUT2D eigenvalue weighted by Gasteiger charge is 2.25. The second-order valence-corrected chi connectivity index (χ2v) is 6.58. The molecule has 2 aromatic rings. The quantitative estimate of drug-likeness (QED) is 0.848. The molecule has 18 heavy (non-hydrogen) atoms. The Bertz CT molecular complexity index is 604. The van der Waals surface area contributed by atoms with Crippen LogP contribution in [-0.4, -0.2) is 30.0 Å². The van der Waals surface area contributed by atoms with Gasteiger partial charge in [-0.2, -0.15) is 20.7 Å².